The van der Waals surface area contributed by atoms with E-state index in [1.165, 1.54) is 89.9 Å². The normalized spacial score (nSPS) is 10.3. The topological polar surface area (TPSA) is 26.3 Å². The van der Waals surface area contributed by atoms with Crippen LogP contribution in [-0.2, 0) is 29.0 Å². The maximum atomic E-state index is 11.2. The summed E-state index contributed by atoms with van der Waals surface area (Å²) in [6, 6.07) is 0. The third kappa shape index (κ3) is 22.1. The van der Waals surface area contributed by atoms with E-state index in [-0.39, 0.29) is 25.4 Å². The number of esters is 1. The van der Waals surface area contributed by atoms with Gasteiger partial charge in [0.05, 0.1) is 6.61 Å². The van der Waals surface area contributed by atoms with Crippen molar-refractivity contribution < 1.29 is 29.0 Å². The van der Waals surface area contributed by atoms with Gasteiger partial charge in [-0.25, -0.2) is 0 Å². The molecule has 0 aromatic rings. The van der Waals surface area contributed by atoms with Gasteiger partial charge in [0.1, 0.15) is 0 Å². The van der Waals surface area contributed by atoms with Crippen LogP contribution in [0.2, 0.25) is 0 Å². The molecule has 0 heterocycles. The molecule has 0 N–H and O–H groups in total. The fraction of sp³-hybridized carbons (Fsp3) is 0.950. The van der Waals surface area contributed by atoms with Crippen LogP contribution in [0, 0.1) is 0 Å². The van der Waals surface area contributed by atoms with Gasteiger partial charge in [-0.1, -0.05) is 96.8 Å². The summed E-state index contributed by atoms with van der Waals surface area (Å²) in [5.41, 5.74) is 0. The zero-order valence-electron chi connectivity index (χ0n) is 16.0. The minimum atomic E-state index is -0.0304. The molecule has 0 aromatic heterocycles. The van der Waals surface area contributed by atoms with E-state index in [9.17, 15) is 4.79 Å². The predicted molar refractivity (Wildman–Crippen MR) is 96.2 cm³/mol. The van der Waals surface area contributed by atoms with Gasteiger partial charge in [0.15, 0.2) is 0 Å². The van der Waals surface area contributed by atoms with Gasteiger partial charge in [-0.2, -0.15) is 0 Å². The summed E-state index contributed by atoms with van der Waals surface area (Å²) >= 11 is 0. The second-order valence-electron chi connectivity index (χ2n) is 6.50. The van der Waals surface area contributed by atoms with Gasteiger partial charge in [-0.05, 0) is 13.3 Å². The second kappa shape index (κ2) is 22.1. The van der Waals surface area contributed by atoms with E-state index in [2.05, 4.69) is 6.92 Å². The zero-order valence-corrected chi connectivity index (χ0v) is 19.0. The number of ether oxygens (including phenoxy) is 1. The van der Waals surface area contributed by atoms with Crippen molar-refractivity contribution in [3.05, 3.63) is 0 Å². The van der Waals surface area contributed by atoms with E-state index in [4.69, 9.17) is 4.74 Å². The van der Waals surface area contributed by atoms with Crippen LogP contribution in [0.1, 0.15) is 117 Å². The van der Waals surface area contributed by atoms with Gasteiger partial charge in [0.25, 0.3) is 0 Å². The molecular weight excluding hydrogens is 338 g/mol. The summed E-state index contributed by atoms with van der Waals surface area (Å²) in [6.45, 7) is 4.66. The van der Waals surface area contributed by atoms with Crippen LogP contribution in [0.4, 0.5) is 0 Å². The second-order valence-corrected chi connectivity index (χ2v) is 6.50. The molecule has 0 aliphatic heterocycles. The fourth-order valence-electron chi connectivity index (χ4n) is 2.87. The van der Waals surface area contributed by atoms with Crippen molar-refractivity contribution in [3.8, 4) is 0 Å². The Morgan fingerprint density at radius 3 is 1.30 bits per heavy atom. The van der Waals surface area contributed by atoms with E-state index >= 15 is 0 Å². The number of hydrogen-bond acceptors (Lipinski definition) is 2. The smallest absolute Gasteiger partial charge is 0.305 e. The third-order valence-electron chi connectivity index (χ3n) is 4.29. The molecule has 0 aliphatic rings. The predicted octanol–water partition coefficient (Wildman–Crippen LogP) is 6.81. The Bertz CT molecular complexity index is 232. The summed E-state index contributed by atoms with van der Waals surface area (Å²) < 4.78 is 4.92. The van der Waals surface area contributed by atoms with Crippen molar-refractivity contribution in [3.63, 3.8) is 0 Å². The Kier molecular flexibility index (Phi) is 24.3. The molecule has 0 aromatic carbocycles. The van der Waals surface area contributed by atoms with E-state index in [1.807, 2.05) is 6.92 Å². The maximum Gasteiger partial charge on any atom is 0.305 e. The molecule has 0 saturated heterocycles. The van der Waals surface area contributed by atoms with Gasteiger partial charge in [0, 0.05) is 25.9 Å². The number of carbonyl (C=O) groups is 1. The molecule has 0 bridgehead atoms. The van der Waals surface area contributed by atoms with Gasteiger partial charge in [0.2, 0.25) is 0 Å². The number of rotatable bonds is 17. The van der Waals surface area contributed by atoms with Crippen LogP contribution in [0.5, 0.6) is 0 Å². The zero-order chi connectivity index (χ0) is 16.3. The monoisotopic (exact) mass is 376 g/mol. The average molecular weight is 378 g/mol. The first kappa shape index (κ1) is 25.3. The molecule has 2 nitrogen and oxygen atoms in total. The minimum Gasteiger partial charge on any atom is -0.466 e. The van der Waals surface area contributed by atoms with E-state index < -0.39 is 0 Å². The Balaban J connectivity index is 0. The van der Waals surface area contributed by atoms with Gasteiger partial charge < -0.3 is 4.74 Å². The van der Waals surface area contributed by atoms with Crippen LogP contribution >= 0.6 is 0 Å². The summed E-state index contributed by atoms with van der Waals surface area (Å²) in [7, 11) is 0. The van der Waals surface area contributed by atoms with Crippen molar-refractivity contribution in [1.29, 1.82) is 0 Å². The van der Waals surface area contributed by atoms with Crippen molar-refractivity contribution in [2.45, 2.75) is 117 Å². The van der Waals surface area contributed by atoms with Gasteiger partial charge >= 0.3 is 5.97 Å². The minimum absolute atomic E-state index is 0. The molecule has 0 spiro atoms. The fourth-order valence-corrected chi connectivity index (χ4v) is 2.87. The quantitative estimate of drug-likeness (QED) is 0.158. The molecule has 0 saturated carbocycles. The van der Waals surface area contributed by atoms with Crippen molar-refractivity contribution in [2.75, 3.05) is 6.61 Å². The van der Waals surface area contributed by atoms with Gasteiger partial charge in [-0.3, -0.25) is 4.79 Å². The van der Waals surface area contributed by atoms with Crippen LogP contribution in [-0.4, -0.2) is 12.6 Å². The van der Waals surface area contributed by atoms with Crippen molar-refractivity contribution in [2.24, 2.45) is 0 Å². The molecule has 0 rings (SSSR count). The summed E-state index contributed by atoms with van der Waals surface area (Å²) in [6.07, 6.45) is 21.0. The molecule has 134 valence electrons. The molecule has 0 aliphatic carbocycles. The number of carbonyl (C=O) groups excluding carboxylic acids is 1. The molecule has 0 radical (unpaired) electrons. The van der Waals surface area contributed by atoms with Crippen LogP contribution < -0.4 is 0 Å². The average Bonchev–Trinajstić information content (AvgIpc) is 2.51. The molecule has 3 heteroatoms. The Hall–Kier alpha value is 0.0934. The Morgan fingerprint density at radius 1 is 0.609 bits per heavy atom. The van der Waals surface area contributed by atoms with E-state index in [1.54, 1.807) is 0 Å². The number of hydrogen-bond donors (Lipinski definition) is 0. The molecule has 23 heavy (non-hydrogen) atoms. The molecule has 0 amide bonds. The molecule has 0 atom stereocenters. The van der Waals surface area contributed by atoms with Crippen molar-refractivity contribution >= 4 is 5.97 Å². The Morgan fingerprint density at radius 2 is 0.957 bits per heavy atom. The summed E-state index contributed by atoms with van der Waals surface area (Å²) in [4.78, 5) is 11.2. The summed E-state index contributed by atoms with van der Waals surface area (Å²) in [5, 5.41) is 0. The van der Waals surface area contributed by atoms with Gasteiger partial charge in [-0.15, -0.1) is 0 Å². The molecular formula is C20H40O2Zn. The van der Waals surface area contributed by atoms with Crippen LogP contribution in [0.3, 0.4) is 0 Å². The first-order valence-corrected chi connectivity index (χ1v) is 9.96. The molecule has 0 fully saturated rings. The Labute approximate surface area is 158 Å². The maximum absolute atomic E-state index is 11.2. The van der Waals surface area contributed by atoms with E-state index in [0.29, 0.717) is 13.0 Å². The van der Waals surface area contributed by atoms with Crippen LogP contribution in [0.15, 0.2) is 0 Å². The van der Waals surface area contributed by atoms with Crippen molar-refractivity contribution in [1.82, 2.24) is 0 Å². The largest absolute Gasteiger partial charge is 0.466 e. The number of unbranched alkanes of at least 4 members (excludes halogenated alkanes) is 14. The first-order chi connectivity index (χ1) is 10.8. The first-order valence-electron chi connectivity index (χ1n) is 9.96. The SMILES string of the molecule is CCCCCCCCCCCCCCCCCC(=O)OCC.[Zn]. The van der Waals surface area contributed by atoms with Crippen LogP contribution in [0.25, 0.3) is 0 Å². The summed E-state index contributed by atoms with van der Waals surface area (Å²) in [5.74, 6) is -0.0304. The third-order valence-corrected chi connectivity index (χ3v) is 4.29. The van der Waals surface area contributed by atoms with E-state index in [0.717, 1.165) is 6.42 Å². The molecule has 0 unspecified atom stereocenters. The standard InChI is InChI=1S/C20H40O2.Zn/c1-3-5-6-7-8-9-10-11-12-13-14-15-16-17-18-19-20(21)22-4-2;/h3-19H2,1-2H3;.